The van der Waals surface area contributed by atoms with Crippen molar-refractivity contribution in [1.82, 2.24) is 0 Å². The standard InChI is InChI=1S/C21H36O4/c1-3-4-9-16(2)19(22)14-12-17-13-15-20(23)18(17)10-7-5-6-8-11-21(24)25/h5,7,12,14,16-20,22-23H,3-4,6,8-11,13,15H2,1-2H3,(H,24,25). The Balaban J connectivity index is 2.43. The molecule has 25 heavy (non-hydrogen) atoms. The van der Waals surface area contributed by atoms with Crippen LogP contribution in [0.15, 0.2) is 24.3 Å². The number of hydrogen-bond donors (Lipinski definition) is 3. The number of aliphatic hydroxyl groups is 2. The molecule has 0 amide bonds. The molecule has 0 radical (unpaired) electrons. The van der Waals surface area contributed by atoms with Gasteiger partial charge in [0.2, 0.25) is 0 Å². The Labute approximate surface area is 152 Å². The first kappa shape index (κ1) is 21.9. The van der Waals surface area contributed by atoms with Gasteiger partial charge in [0, 0.05) is 6.42 Å². The van der Waals surface area contributed by atoms with Crippen LogP contribution in [0.2, 0.25) is 0 Å². The number of carboxylic acids is 1. The summed E-state index contributed by atoms with van der Waals surface area (Å²) in [6.45, 7) is 4.25. The highest BCUT2D eigenvalue weighted by Gasteiger charge is 2.32. The van der Waals surface area contributed by atoms with E-state index >= 15 is 0 Å². The highest BCUT2D eigenvalue weighted by atomic mass is 16.4. The van der Waals surface area contributed by atoms with Crippen molar-refractivity contribution in [3.63, 3.8) is 0 Å². The fraction of sp³-hybridized carbons (Fsp3) is 0.762. The monoisotopic (exact) mass is 352 g/mol. The number of carboxylic acid groups (broad SMARTS) is 1. The van der Waals surface area contributed by atoms with Gasteiger partial charge in [-0.2, -0.15) is 0 Å². The Bertz CT molecular complexity index is 430. The molecular weight excluding hydrogens is 316 g/mol. The van der Waals surface area contributed by atoms with Gasteiger partial charge in [-0.05, 0) is 56.3 Å². The number of aliphatic carboxylic acids is 1. The Morgan fingerprint density at radius 1 is 1.24 bits per heavy atom. The number of unbranched alkanes of at least 4 members (excludes halogenated alkanes) is 2. The maximum atomic E-state index is 10.5. The van der Waals surface area contributed by atoms with Gasteiger partial charge in [0.15, 0.2) is 0 Å². The van der Waals surface area contributed by atoms with E-state index in [1.807, 2.05) is 12.2 Å². The molecule has 1 fully saturated rings. The van der Waals surface area contributed by atoms with Crippen LogP contribution in [0.3, 0.4) is 0 Å². The third kappa shape index (κ3) is 8.68. The maximum Gasteiger partial charge on any atom is 0.303 e. The summed E-state index contributed by atoms with van der Waals surface area (Å²) in [5.41, 5.74) is 0. The van der Waals surface area contributed by atoms with Gasteiger partial charge in [0.05, 0.1) is 12.2 Å². The quantitative estimate of drug-likeness (QED) is 0.361. The van der Waals surface area contributed by atoms with Crippen molar-refractivity contribution < 1.29 is 20.1 Å². The van der Waals surface area contributed by atoms with Crippen molar-refractivity contribution in [1.29, 1.82) is 0 Å². The molecule has 0 aliphatic heterocycles. The van der Waals surface area contributed by atoms with Crippen LogP contribution in [-0.4, -0.2) is 33.5 Å². The molecule has 4 nitrogen and oxygen atoms in total. The number of hydrogen-bond acceptors (Lipinski definition) is 3. The third-order valence-electron chi connectivity index (χ3n) is 5.33. The molecule has 1 aliphatic carbocycles. The van der Waals surface area contributed by atoms with E-state index in [0.717, 1.165) is 44.9 Å². The van der Waals surface area contributed by atoms with Crippen LogP contribution in [0.4, 0.5) is 0 Å². The normalized spacial score (nSPS) is 26.5. The van der Waals surface area contributed by atoms with Crippen molar-refractivity contribution in [3.8, 4) is 0 Å². The van der Waals surface area contributed by atoms with Crippen LogP contribution >= 0.6 is 0 Å². The fourth-order valence-corrected chi connectivity index (χ4v) is 3.53. The Morgan fingerprint density at radius 3 is 2.68 bits per heavy atom. The van der Waals surface area contributed by atoms with Gasteiger partial charge in [-0.1, -0.05) is 51.0 Å². The van der Waals surface area contributed by atoms with E-state index in [1.165, 1.54) is 0 Å². The summed E-state index contributed by atoms with van der Waals surface area (Å²) in [7, 11) is 0. The molecule has 0 bridgehead atoms. The van der Waals surface area contributed by atoms with E-state index in [-0.39, 0.29) is 24.4 Å². The molecule has 3 N–H and O–H groups in total. The molecule has 4 heteroatoms. The first-order valence-corrected chi connectivity index (χ1v) is 9.86. The number of carbonyl (C=O) groups is 1. The molecule has 0 aromatic rings. The van der Waals surface area contributed by atoms with E-state index in [0.29, 0.717) is 12.3 Å². The van der Waals surface area contributed by atoms with Gasteiger partial charge in [0.1, 0.15) is 0 Å². The van der Waals surface area contributed by atoms with Crippen LogP contribution < -0.4 is 0 Å². The molecule has 0 aromatic carbocycles. The second-order valence-corrected chi connectivity index (χ2v) is 7.46. The van der Waals surface area contributed by atoms with Gasteiger partial charge in [0.25, 0.3) is 0 Å². The SMILES string of the molecule is CCCCC(C)C(O)C=CC1CCC(O)C1CC=CCCCC(=O)O. The largest absolute Gasteiger partial charge is 0.481 e. The molecule has 5 unspecified atom stereocenters. The summed E-state index contributed by atoms with van der Waals surface area (Å²) in [5.74, 6) is 0.0310. The molecule has 1 aliphatic rings. The molecular formula is C21H36O4. The minimum Gasteiger partial charge on any atom is -0.481 e. The number of aliphatic hydroxyl groups excluding tert-OH is 2. The maximum absolute atomic E-state index is 10.5. The van der Waals surface area contributed by atoms with E-state index < -0.39 is 12.1 Å². The van der Waals surface area contributed by atoms with Gasteiger partial charge >= 0.3 is 5.97 Å². The molecule has 0 saturated heterocycles. The van der Waals surface area contributed by atoms with Gasteiger partial charge in [-0.15, -0.1) is 0 Å². The molecule has 0 spiro atoms. The summed E-state index contributed by atoms with van der Waals surface area (Å²) >= 11 is 0. The molecule has 1 saturated carbocycles. The second-order valence-electron chi connectivity index (χ2n) is 7.46. The summed E-state index contributed by atoms with van der Waals surface area (Å²) in [4.78, 5) is 10.5. The fourth-order valence-electron chi connectivity index (χ4n) is 3.53. The minimum absolute atomic E-state index is 0.199. The van der Waals surface area contributed by atoms with Crippen LogP contribution in [-0.2, 0) is 4.79 Å². The topological polar surface area (TPSA) is 77.8 Å². The van der Waals surface area contributed by atoms with Crippen molar-refractivity contribution in [2.75, 3.05) is 0 Å². The second kappa shape index (κ2) is 12.3. The molecule has 0 aromatic heterocycles. The highest BCUT2D eigenvalue weighted by Crippen LogP contribution is 2.36. The summed E-state index contributed by atoms with van der Waals surface area (Å²) in [5, 5.41) is 29.1. The van der Waals surface area contributed by atoms with Crippen molar-refractivity contribution >= 4 is 5.97 Å². The van der Waals surface area contributed by atoms with E-state index in [2.05, 4.69) is 26.0 Å². The van der Waals surface area contributed by atoms with Gasteiger partial charge in [-0.25, -0.2) is 0 Å². The predicted molar refractivity (Wildman–Crippen MR) is 101 cm³/mol. The van der Waals surface area contributed by atoms with Crippen LogP contribution in [0.1, 0.15) is 71.6 Å². The highest BCUT2D eigenvalue weighted by molar-refractivity contribution is 5.66. The summed E-state index contributed by atoms with van der Waals surface area (Å²) < 4.78 is 0. The lowest BCUT2D eigenvalue weighted by molar-refractivity contribution is -0.137. The lowest BCUT2D eigenvalue weighted by Crippen LogP contribution is -2.19. The lowest BCUT2D eigenvalue weighted by atomic mass is 9.89. The summed E-state index contributed by atoms with van der Waals surface area (Å²) in [6, 6.07) is 0. The Hall–Kier alpha value is -1.13. The van der Waals surface area contributed by atoms with E-state index in [4.69, 9.17) is 5.11 Å². The number of allylic oxidation sites excluding steroid dienone is 3. The Morgan fingerprint density at radius 2 is 2.00 bits per heavy atom. The van der Waals surface area contributed by atoms with E-state index in [1.54, 1.807) is 0 Å². The molecule has 1 rings (SSSR count). The lowest BCUT2D eigenvalue weighted by Gasteiger charge is -2.19. The zero-order valence-corrected chi connectivity index (χ0v) is 15.8. The van der Waals surface area contributed by atoms with Crippen LogP contribution in [0.25, 0.3) is 0 Å². The van der Waals surface area contributed by atoms with Gasteiger partial charge < -0.3 is 15.3 Å². The van der Waals surface area contributed by atoms with Crippen LogP contribution in [0.5, 0.6) is 0 Å². The van der Waals surface area contributed by atoms with E-state index in [9.17, 15) is 15.0 Å². The van der Waals surface area contributed by atoms with Crippen molar-refractivity contribution in [2.45, 2.75) is 83.8 Å². The molecule has 5 atom stereocenters. The number of rotatable bonds is 12. The molecule has 144 valence electrons. The first-order valence-electron chi connectivity index (χ1n) is 9.86. The first-order chi connectivity index (χ1) is 12.0. The predicted octanol–water partition coefficient (Wildman–Crippen LogP) is 4.32. The Kier molecular flexibility index (Phi) is 10.7. The van der Waals surface area contributed by atoms with Crippen LogP contribution in [0, 0.1) is 17.8 Å². The average molecular weight is 353 g/mol. The smallest absolute Gasteiger partial charge is 0.303 e. The zero-order chi connectivity index (χ0) is 18.7. The minimum atomic E-state index is -0.753. The molecule has 0 heterocycles. The third-order valence-corrected chi connectivity index (χ3v) is 5.33. The van der Waals surface area contributed by atoms with Crippen molar-refractivity contribution in [2.24, 2.45) is 17.8 Å². The van der Waals surface area contributed by atoms with Crippen molar-refractivity contribution in [3.05, 3.63) is 24.3 Å². The zero-order valence-electron chi connectivity index (χ0n) is 15.8. The summed E-state index contributed by atoms with van der Waals surface area (Å²) in [6.07, 6.45) is 15.0. The average Bonchev–Trinajstić information content (AvgIpc) is 2.93. The van der Waals surface area contributed by atoms with Gasteiger partial charge in [-0.3, -0.25) is 4.79 Å².